The molecule has 0 unspecified atom stereocenters. The Bertz CT molecular complexity index is 330. The number of hydrogen-bond donors (Lipinski definition) is 0. The normalized spacial score (nSPS) is 9.77. The predicted octanol–water partition coefficient (Wildman–Crippen LogP) is 2.30. The first-order chi connectivity index (χ1) is 6.13. The van der Waals surface area contributed by atoms with Gasteiger partial charge in [-0.05, 0) is 15.9 Å². The van der Waals surface area contributed by atoms with Gasteiger partial charge in [0.25, 0.3) is 0 Å². The van der Waals surface area contributed by atoms with Gasteiger partial charge in [0.05, 0.1) is 10.7 Å². The smallest absolute Gasteiger partial charge is 0.312 e. The predicted molar refractivity (Wildman–Crippen MR) is 47.8 cm³/mol. The number of rotatable bonds is 2. The summed E-state index contributed by atoms with van der Waals surface area (Å²) in [5.41, 5.74) is 0. The van der Waals surface area contributed by atoms with Crippen molar-refractivity contribution in [3.63, 3.8) is 0 Å². The lowest BCUT2D eigenvalue weighted by atomic mass is 10.4. The van der Waals surface area contributed by atoms with Crippen molar-refractivity contribution in [2.24, 2.45) is 0 Å². The molecule has 0 bridgehead atoms. The molecule has 5 heteroatoms. The standard InChI is InChI=1S/C8H7BrFNO2/c1-2-8(12)13-7-3-5(9)6(10)4-11-7/h3-4H,2H2,1H3. The third-order valence-electron chi connectivity index (χ3n) is 1.29. The van der Waals surface area contributed by atoms with Crippen molar-refractivity contribution >= 4 is 21.9 Å². The average Bonchev–Trinajstić information content (AvgIpc) is 2.11. The molecule has 0 aliphatic carbocycles. The van der Waals surface area contributed by atoms with Crippen molar-refractivity contribution in [3.05, 3.63) is 22.6 Å². The molecule has 0 aliphatic rings. The Morgan fingerprint density at radius 3 is 3.00 bits per heavy atom. The summed E-state index contributed by atoms with van der Waals surface area (Å²) in [4.78, 5) is 14.4. The summed E-state index contributed by atoms with van der Waals surface area (Å²) in [6.07, 6.45) is 1.25. The molecule has 1 aromatic heterocycles. The molecule has 0 fully saturated rings. The first-order valence-corrected chi connectivity index (χ1v) is 4.44. The quantitative estimate of drug-likeness (QED) is 0.754. The summed E-state index contributed by atoms with van der Waals surface area (Å²) in [5.74, 6) is -0.789. The fraction of sp³-hybridized carbons (Fsp3) is 0.250. The SMILES string of the molecule is CCC(=O)Oc1cc(Br)c(F)cn1. The van der Waals surface area contributed by atoms with Crippen LogP contribution in [-0.4, -0.2) is 11.0 Å². The zero-order chi connectivity index (χ0) is 9.84. The van der Waals surface area contributed by atoms with Crippen LogP contribution in [0.15, 0.2) is 16.7 Å². The zero-order valence-electron chi connectivity index (χ0n) is 6.88. The topological polar surface area (TPSA) is 39.2 Å². The highest BCUT2D eigenvalue weighted by Crippen LogP contribution is 2.18. The van der Waals surface area contributed by atoms with Crippen LogP contribution < -0.4 is 4.74 Å². The highest BCUT2D eigenvalue weighted by atomic mass is 79.9. The maximum Gasteiger partial charge on any atom is 0.312 e. The second-order valence-corrected chi connectivity index (χ2v) is 3.12. The third-order valence-corrected chi connectivity index (χ3v) is 1.90. The van der Waals surface area contributed by atoms with E-state index in [1.807, 2.05) is 0 Å². The van der Waals surface area contributed by atoms with Crippen molar-refractivity contribution in [1.82, 2.24) is 4.98 Å². The van der Waals surface area contributed by atoms with Crippen molar-refractivity contribution in [2.45, 2.75) is 13.3 Å². The minimum Gasteiger partial charge on any atom is -0.407 e. The molecule has 0 radical (unpaired) electrons. The first kappa shape index (κ1) is 10.1. The Morgan fingerprint density at radius 2 is 2.46 bits per heavy atom. The van der Waals surface area contributed by atoms with Crippen molar-refractivity contribution in [2.75, 3.05) is 0 Å². The third kappa shape index (κ3) is 2.77. The summed E-state index contributed by atoms with van der Waals surface area (Å²) in [6, 6.07) is 1.31. The number of halogens is 2. The molecule has 0 spiro atoms. The minimum absolute atomic E-state index is 0.0973. The largest absolute Gasteiger partial charge is 0.407 e. The molecule has 0 saturated carbocycles. The maximum absolute atomic E-state index is 12.7. The highest BCUT2D eigenvalue weighted by Gasteiger charge is 2.05. The number of carbonyl (C=O) groups is 1. The van der Waals surface area contributed by atoms with Gasteiger partial charge in [0.1, 0.15) is 0 Å². The fourth-order valence-corrected chi connectivity index (χ4v) is 0.939. The van der Waals surface area contributed by atoms with Crippen LogP contribution in [0.5, 0.6) is 5.88 Å². The fourth-order valence-electron chi connectivity index (χ4n) is 0.641. The van der Waals surface area contributed by atoms with Gasteiger partial charge in [-0.15, -0.1) is 0 Å². The molecular weight excluding hydrogens is 241 g/mol. The van der Waals surface area contributed by atoms with Crippen LogP contribution in [0, 0.1) is 5.82 Å². The molecular formula is C8H7BrFNO2. The van der Waals surface area contributed by atoms with E-state index in [0.717, 1.165) is 6.20 Å². The van der Waals surface area contributed by atoms with Crippen molar-refractivity contribution in [3.8, 4) is 5.88 Å². The van der Waals surface area contributed by atoms with Crippen LogP contribution in [0.3, 0.4) is 0 Å². The van der Waals surface area contributed by atoms with Crippen LogP contribution >= 0.6 is 15.9 Å². The average molecular weight is 248 g/mol. The van der Waals surface area contributed by atoms with Crippen molar-refractivity contribution in [1.29, 1.82) is 0 Å². The summed E-state index contributed by atoms with van der Waals surface area (Å²) in [7, 11) is 0. The Labute approximate surface area is 83.1 Å². The molecule has 0 aliphatic heterocycles. The molecule has 0 N–H and O–H groups in total. The molecule has 0 aromatic carbocycles. The number of carbonyl (C=O) groups excluding carboxylic acids is 1. The number of pyridine rings is 1. The van der Waals surface area contributed by atoms with Gasteiger partial charge in [-0.1, -0.05) is 6.92 Å². The molecule has 1 aromatic rings. The van der Waals surface area contributed by atoms with Gasteiger partial charge in [-0.3, -0.25) is 4.79 Å². The number of aromatic nitrogens is 1. The Kier molecular flexibility index (Phi) is 3.36. The summed E-state index contributed by atoms with van der Waals surface area (Å²) >= 11 is 2.95. The van der Waals surface area contributed by atoms with E-state index in [4.69, 9.17) is 4.74 Å². The van der Waals surface area contributed by atoms with Gasteiger partial charge in [-0.2, -0.15) is 0 Å². The lowest BCUT2D eigenvalue weighted by Crippen LogP contribution is -2.06. The Hall–Kier alpha value is -0.970. The monoisotopic (exact) mass is 247 g/mol. The second-order valence-electron chi connectivity index (χ2n) is 2.26. The van der Waals surface area contributed by atoms with E-state index in [-0.39, 0.29) is 16.8 Å². The van der Waals surface area contributed by atoms with Gasteiger partial charge in [0, 0.05) is 12.5 Å². The van der Waals surface area contributed by atoms with Gasteiger partial charge in [-0.25, -0.2) is 9.37 Å². The molecule has 1 heterocycles. The van der Waals surface area contributed by atoms with Crippen LogP contribution in [0.25, 0.3) is 0 Å². The summed E-state index contributed by atoms with van der Waals surface area (Å²) in [6.45, 7) is 1.67. The van der Waals surface area contributed by atoms with Gasteiger partial charge >= 0.3 is 5.97 Å². The molecule has 70 valence electrons. The maximum atomic E-state index is 12.7. The molecule has 1 rings (SSSR count). The lowest BCUT2D eigenvalue weighted by Gasteiger charge is -2.01. The minimum atomic E-state index is -0.490. The summed E-state index contributed by atoms with van der Waals surface area (Å²) in [5, 5.41) is 0. The molecule has 13 heavy (non-hydrogen) atoms. The van der Waals surface area contributed by atoms with Gasteiger partial charge in [0.2, 0.25) is 5.88 Å². The first-order valence-electron chi connectivity index (χ1n) is 3.65. The Morgan fingerprint density at radius 1 is 1.77 bits per heavy atom. The van der Waals surface area contributed by atoms with Crippen molar-refractivity contribution < 1.29 is 13.9 Å². The van der Waals surface area contributed by atoms with Gasteiger partial charge < -0.3 is 4.74 Å². The van der Waals surface area contributed by atoms with E-state index in [2.05, 4.69) is 20.9 Å². The van der Waals surface area contributed by atoms with Crippen LogP contribution in [0.1, 0.15) is 13.3 Å². The molecule has 3 nitrogen and oxygen atoms in total. The molecule has 0 amide bonds. The second kappa shape index (κ2) is 4.32. The van der Waals surface area contributed by atoms with E-state index in [1.54, 1.807) is 6.92 Å². The van der Waals surface area contributed by atoms with Gasteiger partial charge in [0.15, 0.2) is 5.82 Å². The number of hydrogen-bond acceptors (Lipinski definition) is 3. The van der Waals surface area contributed by atoms with Crippen LogP contribution in [-0.2, 0) is 4.79 Å². The summed E-state index contributed by atoms with van der Waals surface area (Å²) < 4.78 is 17.6. The Balaban J connectivity index is 2.79. The molecule has 0 atom stereocenters. The van der Waals surface area contributed by atoms with E-state index in [1.165, 1.54) is 6.07 Å². The van der Waals surface area contributed by atoms with E-state index in [0.29, 0.717) is 0 Å². The molecule has 0 saturated heterocycles. The lowest BCUT2D eigenvalue weighted by molar-refractivity contribution is -0.134. The van der Waals surface area contributed by atoms with E-state index < -0.39 is 11.8 Å². The van der Waals surface area contributed by atoms with E-state index in [9.17, 15) is 9.18 Å². The highest BCUT2D eigenvalue weighted by molar-refractivity contribution is 9.10. The number of ether oxygens (including phenoxy) is 1. The zero-order valence-corrected chi connectivity index (χ0v) is 8.47. The van der Waals surface area contributed by atoms with Crippen LogP contribution in [0.2, 0.25) is 0 Å². The number of esters is 1. The number of nitrogens with zero attached hydrogens (tertiary/aromatic N) is 1. The van der Waals surface area contributed by atoms with Crippen LogP contribution in [0.4, 0.5) is 4.39 Å². The van der Waals surface area contributed by atoms with E-state index >= 15 is 0 Å².